The highest BCUT2D eigenvalue weighted by molar-refractivity contribution is 9.10. The Labute approximate surface area is 188 Å². The molecule has 5 nitrogen and oxygen atoms in total. The lowest BCUT2D eigenvalue weighted by molar-refractivity contribution is 0.00445. The van der Waals surface area contributed by atoms with Crippen molar-refractivity contribution >= 4 is 22.0 Å². The summed E-state index contributed by atoms with van der Waals surface area (Å²) in [6.07, 6.45) is -0.234. The second-order valence-electron chi connectivity index (χ2n) is 8.74. The van der Waals surface area contributed by atoms with Gasteiger partial charge in [0, 0.05) is 42.3 Å². The van der Waals surface area contributed by atoms with Gasteiger partial charge in [-0.3, -0.25) is 4.90 Å². The third-order valence-corrected chi connectivity index (χ3v) is 5.83. The Morgan fingerprint density at radius 2 is 1.83 bits per heavy atom. The van der Waals surface area contributed by atoms with E-state index in [1.54, 1.807) is 4.90 Å². The summed E-state index contributed by atoms with van der Waals surface area (Å²) < 4.78 is 12.7. The minimum Gasteiger partial charge on any atom is -0.489 e. The van der Waals surface area contributed by atoms with Crippen LogP contribution in [-0.4, -0.2) is 47.2 Å². The van der Waals surface area contributed by atoms with Crippen LogP contribution in [0.15, 0.2) is 53.0 Å². The summed E-state index contributed by atoms with van der Waals surface area (Å²) in [5.41, 5.74) is 1.80. The lowest BCUT2D eigenvalue weighted by Gasteiger charge is -2.40. The Kier molecular flexibility index (Phi) is 7.42. The molecule has 2 aromatic carbocycles. The van der Waals surface area contributed by atoms with Crippen LogP contribution in [0.4, 0.5) is 4.79 Å². The first kappa shape index (κ1) is 22.6. The molecule has 1 heterocycles. The van der Waals surface area contributed by atoms with Crippen LogP contribution in [0.5, 0.6) is 5.75 Å². The fourth-order valence-corrected chi connectivity index (χ4v) is 3.96. The van der Waals surface area contributed by atoms with E-state index in [2.05, 4.69) is 39.9 Å². The van der Waals surface area contributed by atoms with E-state index in [-0.39, 0.29) is 12.1 Å². The lowest BCUT2D eigenvalue weighted by atomic mass is 10.1. The molecular weight excluding hydrogens is 444 g/mol. The van der Waals surface area contributed by atoms with E-state index in [0.717, 1.165) is 34.4 Å². The summed E-state index contributed by atoms with van der Waals surface area (Å²) >= 11 is 3.70. The third kappa shape index (κ3) is 6.22. The zero-order chi connectivity index (χ0) is 21.7. The number of halogens is 1. The lowest BCUT2D eigenvalue weighted by Crippen LogP contribution is -2.54. The molecule has 1 unspecified atom stereocenters. The molecule has 0 spiro atoms. The molecule has 0 saturated carbocycles. The minimum atomic E-state index is -0.475. The van der Waals surface area contributed by atoms with Crippen molar-refractivity contribution in [3.63, 3.8) is 0 Å². The number of carbonyl (C=O) groups excluding carboxylic acids is 1. The fraction of sp³-hybridized carbons (Fsp3) is 0.458. The van der Waals surface area contributed by atoms with Crippen molar-refractivity contribution in [1.82, 2.24) is 9.80 Å². The van der Waals surface area contributed by atoms with E-state index in [1.165, 1.54) is 0 Å². The zero-order valence-electron chi connectivity index (χ0n) is 18.2. The third-order valence-electron chi connectivity index (χ3n) is 5.09. The van der Waals surface area contributed by atoms with Crippen LogP contribution in [0.25, 0.3) is 0 Å². The van der Waals surface area contributed by atoms with Gasteiger partial charge in [-0.1, -0.05) is 52.3 Å². The van der Waals surface area contributed by atoms with Gasteiger partial charge < -0.3 is 14.4 Å². The highest BCUT2D eigenvalue weighted by Gasteiger charge is 2.30. The van der Waals surface area contributed by atoms with Gasteiger partial charge in [-0.2, -0.15) is 0 Å². The summed E-state index contributed by atoms with van der Waals surface area (Å²) in [5.74, 6) is 0.884. The Hall–Kier alpha value is -2.05. The Bertz CT molecular complexity index is 851. The number of carbonyl (C=O) groups is 1. The van der Waals surface area contributed by atoms with E-state index in [0.29, 0.717) is 19.7 Å². The predicted molar refractivity (Wildman–Crippen MR) is 123 cm³/mol. The van der Waals surface area contributed by atoms with E-state index in [1.807, 2.05) is 57.2 Å². The van der Waals surface area contributed by atoms with Crippen molar-refractivity contribution in [2.24, 2.45) is 0 Å². The predicted octanol–water partition coefficient (Wildman–Crippen LogP) is 5.47. The van der Waals surface area contributed by atoms with Crippen LogP contribution >= 0.6 is 15.9 Å². The normalized spacial score (nSPS) is 17.6. The molecule has 1 saturated heterocycles. The molecule has 162 valence electrons. The first-order valence-corrected chi connectivity index (χ1v) is 11.2. The maximum absolute atomic E-state index is 12.4. The second-order valence-corrected chi connectivity index (χ2v) is 9.59. The van der Waals surface area contributed by atoms with E-state index >= 15 is 0 Å². The molecule has 0 aromatic heterocycles. The number of hydrogen-bond acceptors (Lipinski definition) is 4. The summed E-state index contributed by atoms with van der Waals surface area (Å²) in [6, 6.07) is 16.5. The summed E-state index contributed by atoms with van der Waals surface area (Å²) in [7, 11) is 0. The van der Waals surface area contributed by atoms with Crippen molar-refractivity contribution in [1.29, 1.82) is 0 Å². The minimum absolute atomic E-state index is 0.223. The monoisotopic (exact) mass is 474 g/mol. The van der Waals surface area contributed by atoms with Gasteiger partial charge in [0.15, 0.2) is 0 Å². The molecule has 0 radical (unpaired) electrons. The number of ether oxygens (including phenoxy) is 2. The topological polar surface area (TPSA) is 42.0 Å². The Balaban J connectivity index is 1.64. The second kappa shape index (κ2) is 9.84. The highest BCUT2D eigenvalue weighted by atomic mass is 79.9. The van der Waals surface area contributed by atoms with E-state index in [9.17, 15) is 4.79 Å². The average Bonchev–Trinajstić information content (AvgIpc) is 2.69. The molecule has 0 bridgehead atoms. The molecule has 30 heavy (non-hydrogen) atoms. The zero-order valence-corrected chi connectivity index (χ0v) is 19.8. The van der Waals surface area contributed by atoms with Crippen molar-refractivity contribution in [2.75, 3.05) is 19.6 Å². The molecule has 2 aromatic rings. The number of rotatable bonds is 5. The van der Waals surface area contributed by atoms with Crippen LogP contribution in [0.1, 0.15) is 38.8 Å². The molecule has 6 heteroatoms. The number of hydrogen-bond donors (Lipinski definition) is 0. The van der Waals surface area contributed by atoms with Crippen molar-refractivity contribution < 1.29 is 14.3 Å². The van der Waals surface area contributed by atoms with Crippen LogP contribution in [0, 0.1) is 0 Å². The van der Waals surface area contributed by atoms with Gasteiger partial charge in [-0.15, -0.1) is 0 Å². The first-order chi connectivity index (χ1) is 14.2. The van der Waals surface area contributed by atoms with Crippen LogP contribution in [-0.2, 0) is 17.9 Å². The molecule has 1 aliphatic rings. The van der Waals surface area contributed by atoms with Gasteiger partial charge in [0.25, 0.3) is 0 Å². The first-order valence-electron chi connectivity index (χ1n) is 10.4. The molecule has 1 aliphatic heterocycles. The highest BCUT2D eigenvalue weighted by Crippen LogP contribution is 2.30. The molecule has 3 rings (SSSR count). The molecule has 0 aliphatic carbocycles. The van der Waals surface area contributed by atoms with Gasteiger partial charge >= 0.3 is 6.09 Å². The number of benzene rings is 2. The molecule has 1 atom stereocenters. The van der Waals surface area contributed by atoms with Gasteiger partial charge in [-0.05, 0) is 45.4 Å². The quantitative estimate of drug-likeness (QED) is 0.575. The number of nitrogens with zero attached hydrogens (tertiary/aromatic N) is 2. The standard InChI is InChI=1S/C24H31BrN2O3/c1-18-15-27(23(28)30-24(2,3)4)14-13-26(18)16-20-21(25)11-8-12-22(20)29-17-19-9-6-5-7-10-19/h5-12,18H,13-17H2,1-4H3. The van der Waals surface area contributed by atoms with Crippen molar-refractivity contribution in [3.05, 3.63) is 64.1 Å². The smallest absolute Gasteiger partial charge is 0.410 e. The number of amides is 1. The van der Waals surface area contributed by atoms with Gasteiger partial charge in [0.1, 0.15) is 18.0 Å². The molecular formula is C24H31BrN2O3. The Morgan fingerprint density at radius 1 is 1.10 bits per heavy atom. The van der Waals surface area contributed by atoms with E-state index in [4.69, 9.17) is 9.47 Å². The van der Waals surface area contributed by atoms with Crippen LogP contribution in [0.2, 0.25) is 0 Å². The fourth-order valence-electron chi connectivity index (χ4n) is 3.49. The maximum Gasteiger partial charge on any atom is 0.410 e. The average molecular weight is 475 g/mol. The Morgan fingerprint density at radius 3 is 2.50 bits per heavy atom. The SMILES string of the molecule is CC1CN(C(=O)OC(C)(C)C)CCN1Cc1c(Br)cccc1OCc1ccccc1. The molecule has 1 amide bonds. The summed E-state index contributed by atoms with van der Waals surface area (Å²) in [4.78, 5) is 16.6. The van der Waals surface area contributed by atoms with Crippen LogP contribution < -0.4 is 4.74 Å². The largest absolute Gasteiger partial charge is 0.489 e. The number of piperazine rings is 1. The maximum atomic E-state index is 12.4. The van der Waals surface area contributed by atoms with Gasteiger partial charge in [0.2, 0.25) is 0 Å². The molecule has 1 fully saturated rings. The van der Waals surface area contributed by atoms with E-state index < -0.39 is 5.60 Å². The summed E-state index contributed by atoms with van der Waals surface area (Å²) in [5, 5.41) is 0. The van der Waals surface area contributed by atoms with Crippen molar-refractivity contribution in [2.45, 2.75) is 52.5 Å². The van der Waals surface area contributed by atoms with Gasteiger partial charge in [0.05, 0.1) is 0 Å². The molecule has 0 N–H and O–H groups in total. The van der Waals surface area contributed by atoms with Crippen LogP contribution in [0.3, 0.4) is 0 Å². The van der Waals surface area contributed by atoms with Gasteiger partial charge in [-0.25, -0.2) is 4.79 Å². The van der Waals surface area contributed by atoms with Crippen molar-refractivity contribution in [3.8, 4) is 5.75 Å². The summed E-state index contributed by atoms with van der Waals surface area (Å²) in [6.45, 7) is 11.2.